The summed E-state index contributed by atoms with van der Waals surface area (Å²) >= 11 is 9.62. The van der Waals surface area contributed by atoms with Crippen LogP contribution in [0.15, 0.2) is 0 Å². The molecule has 0 aliphatic carbocycles. The van der Waals surface area contributed by atoms with E-state index in [4.69, 9.17) is 0 Å². The van der Waals surface area contributed by atoms with Crippen molar-refractivity contribution in [3.05, 3.63) is 8.25 Å². The summed E-state index contributed by atoms with van der Waals surface area (Å²) in [5.41, 5.74) is 0. The van der Waals surface area contributed by atoms with Gasteiger partial charge in [-0.15, -0.1) is 15.5 Å². The first-order valence-electron chi connectivity index (χ1n) is 17.3. The molecule has 0 saturated carbocycles. The van der Waals surface area contributed by atoms with Crippen LogP contribution in [0.1, 0.15) is 34.6 Å². The van der Waals surface area contributed by atoms with E-state index in [0.29, 0.717) is 6.61 Å². The van der Waals surface area contributed by atoms with Crippen LogP contribution in [0.4, 0.5) is 15.5 Å². The molecule has 0 amide bonds. The molecule has 59 heavy (non-hydrogen) atoms. The Kier molecular flexibility index (Phi) is 51.8. The van der Waals surface area contributed by atoms with Crippen molar-refractivity contribution in [2.45, 2.75) is 34.6 Å². The van der Waals surface area contributed by atoms with Gasteiger partial charge in [0.2, 0.25) is 41.6 Å². The Morgan fingerprint density at radius 1 is 0.593 bits per heavy atom. The Morgan fingerprint density at radius 2 is 0.780 bits per heavy atom. The maximum absolute atomic E-state index is 11.1. The van der Waals surface area contributed by atoms with E-state index in [-0.39, 0.29) is 81.3 Å². The van der Waals surface area contributed by atoms with E-state index in [0.717, 1.165) is 8.25 Å². The Morgan fingerprint density at radius 3 is 0.881 bits per heavy atom. The molecule has 0 aromatic heterocycles. The van der Waals surface area contributed by atoms with Crippen molar-refractivity contribution >= 4 is 92.6 Å². The van der Waals surface area contributed by atoms with Crippen LogP contribution in [0.2, 0.25) is 0 Å². The van der Waals surface area contributed by atoms with Gasteiger partial charge in [0.25, 0.3) is 0 Å². The SMILES string of the molecule is CCI.CCOC(C)=O.CC[N+]1(C)CCN(C)CC1.CC[N+]1(C)CCN(C)CC1.CN1CCN(C)CC1.O=S(=O)(F)[N-]S(=O)(=O)F.O=S(=O)(F)[N-]S(=O)(=O)F.S=S.[I-].[K+]. The zero-order chi connectivity index (χ0) is 46.3. The number of ether oxygens (including phenoxy) is 1. The fourth-order valence-electron chi connectivity index (χ4n) is 4.05. The van der Waals surface area contributed by atoms with Crippen LogP contribution in [0.3, 0.4) is 0 Å². The summed E-state index contributed by atoms with van der Waals surface area (Å²) in [5.74, 6) is -0.211. The monoisotopic (exact) mass is 1230 g/mol. The predicted molar refractivity (Wildman–Crippen MR) is 231 cm³/mol. The molecule has 3 aliphatic rings. The van der Waals surface area contributed by atoms with Crippen molar-refractivity contribution < 1.29 is 143 Å². The molecule has 18 nitrogen and oxygen atoms in total. The predicted octanol–water partition coefficient (Wildman–Crippen LogP) is -3.75. The number of hydrogen-bond donors (Lipinski definition) is 0. The maximum Gasteiger partial charge on any atom is 1.00 e. The van der Waals surface area contributed by atoms with Crippen molar-refractivity contribution in [1.29, 1.82) is 0 Å². The number of hydrogen-bond acceptors (Lipinski definition) is 16. The molecule has 31 heteroatoms. The molecule has 3 rings (SSSR count). The first-order valence-corrected chi connectivity index (χ1v) is 25.5. The number of carbonyl (C=O) groups is 1. The van der Waals surface area contributed by atoms with E-state index >= 15 is 0 Å². The quantitative estimate of drug-likeness (QED) is 0.0457. The van der Waals surface area contributed by atoms with Crippen molar-refractivity contribution in [1.82, 2.24) is 19.6 Å². The molecule has 0 atom stereocenters. The average Bonchev–Trinajstić information content (AvgIpc) is 3.05. The molecule has 3 saturated heterocycles. The zero-order valence-corrected chi connectivity index (χ0v) is 48.5. The fraction of sp³-hybridized carbons (Fsp3) is 0.964. The van der Waals surface area contributed by atoms with Gasteiger partial charge in [-0.3, -0.25) is 14.6 Å². The number of likely N-dealkylation sites (N-methyl/N-ethyl adjacent to an activating group) is 6. The third-order valence-corrected chi connectivity index (χ3v) is 10.9. The molecular formula is C28H65F4I2KN8O10S6. The summed E-state index contributed by atoms with van der Waals surface area (Å²) in [6, 6.07) is 0. The van der Waals surface area contributed by atoms with Gasteiger partial charge in [-0.2, -0.15) is 0 Å². The standard InChI is InChI=1S/2C8H19N2.C6H14N2.C4H8O2.C2H5I.2F2NO4S2.HI.K.S2/c2*1-4-10(3)7-5-9(2)6-8-10;1-7-3-5-8(2)6-4-7;1-3-6-4(2)5;1-2-3;2*1-8(4,5)3-9(2,6)7;;;1-2/h2*4-8H2,1-3H3;3-6H2,1-2H3;3H2,1-2H3;2H2,1H3;;;1H;;/q2*+1;;;;2*-1;;+1;/p-1. The third-order valence-electron chi connectivity index (χ3n) is 8.04. The Bertz CT molecular complexity index is 1330. The Hall–Kier alpha value is 2.21. The van der Waals surface area contributed by atoms with Crippen LogP contribution >= 0.6 is 22.6 Å². The molecule has 3 fully saturated rings. The summed E-state index contributed by atoms with van der Waals surface area (Å²) in [5, 5.41) is 0. The number of nitrogens with zero attached hydrogens (tertiary/aromatic N) is 8. The molecule has 0 radical (unpaired) electrons. The van der Waals surface area contributed by atoms with Crippen LogP contribution < -0.4 is 75.4 Å². The Labute approximate surface area is 437 Å². The van der Waals surface area contributed by atoms with E-state index in [9.17, 15) is 54.0 Å². The molecule has 356 valence electrons. The van der Waals surface area contributed by atoms with Gasteiger partial charge >= 0.3 is 57.4 Å². The van der Waals surface area contributed by atoms with Gasteiger partial charge in [-0.05, 0) is 53.4 Å². The van der Waals surface area contributed by atoms with Crippen molar-refractivity contribution in [3.8, 4) is 0 Å². The first kappa shape index (κ1) is 75.5. The molecule has 3 heterocycles. The van der Waals surface area contributed by atoms with E-state index < -0.39 is 41.6 Å². The average molecular weight is 1240 g/mol. The van der Waals surface area contributed by atoms with Gasteiger partial charge in [0, 0.05) is 81.7 Å². The van der Waals surface area contributed by atoms with Crippen molar-refractivity contribution in [3.63, 3.8) is 0 Å². The van der Waals surface area contributed by atoms with E-state index in [1.54, 1.807) is 6.92 Å². The second kappa shape index (κ2) is 40.5. The molecular weight excluding hydrogens is 1170 g/mol. The smallest absolute Gasteiger partial charge is 1.00 e. The number of quaternary nitrogens is 2. The van der Waals surface area contributed by atoms with Gasteiger partial charge in [0.1, 0.15) is 0 Å². The third kappa shape index (κ3) is 62.3. The van der Waals surface area contributed by atoms with Crippen LogP contribution in [0, 0.1) is 0 Å². The minimum atomic E-state index is -5.62. The maximum atomic E-state index is 11.1. The van der Waals surface area contributed by atoms with E-state index in [1.165, 1.54) is 112 Å². The largest absolute Gasteiger partial charge is 1.00 e. The molecule has 0 spiro atoms. The van der Waals surface area contributed by atoms with Crippen molar-refractivity contribution in [2.75, 3.05) is 145 Å². The molecule has 3 aliphatic heterocycles. The normalized spacial score (nSPS) is 17.9. The van der Waals surface area contributed by atoms with Gasteiger partial charge in [0.15, 0.2) is 0 Å². The number of carbonyl (C=O) groups excluding carboxylic acids is 1. The number of halogens is 6. The molecule has 0 unspecified atom stereocenters. The van der Waals surface area contributed by atoms with E-state index in [2.05, 4.69) is 132 Å². The van der Waals surface area contributed by atoms with Crippen LogP contribution in [-0.2, 0) is 73.5 Å². The van der Waals surface area contributed by atoms with Crippen LogP contribution in [0.5, 0.6) is 0 Å². The van der Waals surface area contributed by atoms with Gasteiger partial charge in [-0.25, -0.2) is 33.7 Å². The number of piperazine rings is 3. The second-order valence-corrected chi connectivity index (χ2v) is 19.0. The van der Waals surface area contributed by atoms with Crippen LogP contribution in [-0.4, -0.2) is 213 Å². The molecule has 0 bridgehead atoms. The first-order chi connectivity index (χ1) is 25.7. The summed E-state index contributed by atoms with van der Waals surface area (Å²) < 4.78 is 128. The molecule has 0 N–H and O–H groups in total. The summed E-state index contributed by atoms with van der Waals surface area (Å²) in [6.07, 6.45) is 0. The zero-order valence-electron chi connectivity index (χ0n) is 36.2. The number of rotatable bonds is 7. The summed E-state index contributed by atoms with van der Waals surface area (Å²) in [7, 11) is -9.01. The van der Waals surface area contributed by atoms with Gasteiger partial charge in [-0.1, -0.05) is 29.5 Å². The number of alkyl halides is 1. The molecule has 0 aromatic rings. The second-order valence-electron chi connectivity index (χ2n) is 13.0. The van der Waals surface area contributed by atoms with Crippen LogP contribution in [0.25, 0.3) is 8.25 Å². The number of esters is 1. The summed E-state index contributed by atoms with van der Waals surface area (Å²) in [4.78, 5) is 19.4. The minimum absolute atomic E-state index is 0. The summed E-state index contributed by atoms with van der Waals surface area (Å²) in [6.45, 7) is 28.2. The Balaban J connectivity index is -0.000000107. The fourth-order valence-corrected chi connectivity index (χ4v) is 5.75. The topological polar surface area (TPSA) is 204 Å². The molecule has 0 aromatic carbocycles. The van der Waals surface area contributed by atoms with Gasteiger partial charge < -0.3 is 55.7 Å². The minimum Gasteiger partial charge on any atom is -1.00 e. The van der Waals surface area contributed by atoms with Gasteiger partial charge in [0.05, 0.1) is 60.0 Å². The van der Waals surface area contributed by atoms with E-state index in [1.807, 2.05) is 0 Å². The van der Waals surface area contributed by atoms with Crippen molar-refractivity contribution in [2.24, 2.45) is 0 Å².